The third kappa shape index (κ3) is 4.23. The SMILES string of the molecule is C[C@H](Oc1cccc(Cl)c1)C(=O)N1CCN(c2ccccc2F)CC1. The van der Waals surface area contributed by atoms with Gasteiger partial charge in [-0.2, -0.15) is 0 Å². The van der Waals surface area contributed by atoms with Crippen molar-refractivity contribution in [2.45, 2.75) is 13.0 Å². The Kier molecular flexibility index (Phi) is 5.43. The molecule has 0 aromatic heterocycles. The largest absolute Gasteiger partial charge is 0.481 e. The quantitative estimate of drug-likeness (QED) is 0.833. The number of benzene rings is 2. The van der Waals surface area contributed by atoms with Crippen molar-refractivity contribution >= 4 is 23.2 Å². The zero-order chi connectivity index (χ0) is 17.8. The maximum Gasteiger partial charge on any atom is 0.263 e. The van der Waals surface area contributed by atoms with Gasteiger partial charge in [-0.1, -0.05) is 29.8 Å². The summed E-state index contributed by atoms with van der Waals surface area (Å²) in [7, 11) is 0. The molecule has 1 aliphatic rings. The second-order valence-corrected chi connectivity index (χ2v) is 6.42. The Morgan fingerprint density at radius 1 is 1.12 bits per heavy atom. The Bertz CT molecular complexity index is 748. The van der Waals surface area contributed by atoms with E-state index in [1.165, 1.54) is 6.07 Å². The van der Waals surface area contributed by atoms with Crippen LogP contribution in [-0.2, 0) is 4.79 Å². The summed E-state index contributed by atoms with van der Waals surface area (Å²) in [4.78, 5) is 16.3. The predicted octanol–water partition coefficient (Wildman–Crippen LogP) is 3.60. The fraction of sp³-hybridized carbons (Fsp3) is 0.316. The van der Waals surface area contributed by atoms with Crippen molar-refractivity contribution in [1.29, 1.82) is 0 Å². The number of carbonyl (C=O) groups excluding carboxylic acids is 1. The predicted molar refractivity (Wildman–Crippen MR) is 96.7 cm³/mol. The van der Waals surface area contributed by atoms with E-state index >= 15 is 0 Å². The lowest BCUT2D eigenvalue weighted by molar-refractivity contribution is -0.138. The summed E-state index contributed by atoms with van der Waals surface area (Å²) in [6, 6.07) is 13.7. The summed E-state index contributed by atoms with van der Waals surface area (Å²) in [5.41, 5.74) is 0.581. The molecule has 0 bridgehead atoms. The number of halogens is 2. The first-order valence-electron chi connectivity index (χ1n) is 8.25. The van der Waals surface area contributed by atoms with Gasteiger partial charge in [0.25, 0.3) is 5.91 Å². The molecule has 132 valence electrons. The van der Waals surface area contributed by atoms with E-state index in [-0.39, 0.29) is 11.7 Å². The van der Waals surface area contributed by atoms with Crippen LogP contribution >= 0.6 is 11.6 Å². The fourth-order valence-corrected chi connectivity index (χ4v) is 3.11. The molecule has 1 aliphatic heterocycles. The summed E-state index contributed by atoms with van der Waals surface area (Å²) < 4.78 is 19.6. The van der Waals surface area contributed by atoms with Crippen LogP contribution in [0.1, 0.15) is 6.92 Å². The van der Waals surface area contributed by atoms with Crippen molar-refractivity contribution < 1.29 is 13.9 Å². The summed E-state index contributed by atoms with van der Waals surface area (Å²) in [6.45, 7) is 3.99. The summed E-state index contributed by atoms with van der Waals surface area (Å²) in [5.74, 6) is 0.256. The van der Waals surface area contributed by atoms with Crippen LogP contribution in [0.25, 0.3) is 0 Å². The molecule has 6 heteroatoms. The smallest absolute Gasteiger partial charge is 0.263 e. The molecule has 1 amide bonds. The first-order valence-corrected chi connectivity index (χ1v) is 8.63. The highest BCUT2D eigenvalue weighted by atomic mass is 35.5. The van der Waals surface area contributed by atoms with Gasteiger partial charge >= 0.3 is 0 Å². The molecule has 1 atom stereocenters. The van der Waals surface area contributed by atoms with Gasteiger partial charge in [-0.25, -0.2) is 4.39 Å². The first kappa shape index (κ1) is 17.5. The van der Waals surface area contributed by atoms with Gasteiger partial charge in [-0.3, -0.25) is 4.79 Å². The molecule has 0 saturated carbocycles. The minimum atomic E-state index is -0.599. The van der Waals surface area contributed by atoms with Crippen molar-refractivity contribution in [2.75, 3.05) is 31.1 Å². The zero-order valence-corrected chi connectivity index (χ0v) is 14.7. The number of carbonyl (C=O) groups is 1. The van der Waals surface area contributed by atoms with Gasteiger partial charge < -0.3 is 14.5 Å². The standard InChI is InChI=1S/C19H20ClFN2O2/c1-14(25-16-6-4-5-15(20)13-16)19(24)23-11-9-22(10-12-23)18-8-3-2-7-17(18)21/h2-8,13-14H,9-12H2,1H3/t14-/m0/s1. The third-order valence-corrected chi connectivity index (χ3v) is 4.48. The summed E-state index contributed by atoms with van der Waals surface area (Å²) >= 11 is 5.93. The van der Waals surface area contributed by atoms with Gasteiger partial charge in [0.15, 0.2) is 6.10 Å². The highest BCUT2D eigenvalue weighted by molar-refractivity contribution is 6.30. The lowest BCUT2D eigenvalue weighted by Gasteiger charge is -2.37. The Hall–Kier alpha value is -2.27. The molecule has 0 N–H and O–H groups in total. The number of amides is 1. The molecule has 25 heavy (non-hydrogen) atoms. The fourth-order valence-electron chi connectivity index (χ4n) is 2.93. The monoisotopic (exact) mass is 362 g/mol. The van der Waals surface area contributed by atoms with E-state index in [2.05, 4.69) is 0 Å². The number of rotatable bonds is 4. The number of hydrogen-bond donors (Lipinski definition) is 0. The van der Waals surface area contributed by atoms with Gasteiger partial charge in [0.05, 0.1) is 5.69 Å². The van der Waals surface area contributed by atoms with E-state index < -0.39 is 6.10 Å². The molecule has 3 rings (SSSR count). The van der Waals surface area contributed by atoms with E-state index in [0.29, 0.717) is 42.6 Å². The Labute approximate surface area is 151 Å². The second-order valence-electron chi connectivity index (χ2n) is 5.98. The highest BCUT2D eigenvalue weighted by Gasteiger charge is 2.26. The van der Waals surface area contributed by atoms with E-state index in [1.54, 1.807) is 48.2 Å². The maximum atomic E-state index is 13.9. The van der Waals surface area contributed by atoms with E-state index in [4.69, 9.17) is 16.3 Å². The molecular formula is C19H20ClFN2O2. The minimum Gasteiger partial charge on any atom is -0.481 e. The van der Waals surface area contributed by atoms with Gasteiger partial charge in [0, 0.05) is 31.2 Å². The average molecular weight is 363 g/mol. The normalized spacial score (nSPS) is 15.8. The highest BCUT2D eigenvalue weighted by Crippen LogP contribution is 2.21. The van der Waals surface area contributed by atoms with Crippen LogP contribution in [0.5, 0.6) is 5.75 Å². The van der Waals surface area contributed by atoms with Crippen molar-refractivity contribution in [2.24, 2.45) is 0 Å². The van der Waals surface area contributed by atoms with Crippen molar-refractivity contribution in [3.05, 3.63) is 59.4 Å². The third-order valence-electron chi connectivity index (χ3n) is 4.24. The number of hydrogen-bond acceptors (Lipinski definition) is 3. The summed E-state index contributed by atoms with van der Waals surface area (Å²) in [6.07, 6.45) is -0.599. The molecule has 0 aliphatic carbocycles. The number of para-hydroxylation sites is 1. The number of ether oxygens (including phenoxy) is 1. The second kappa shape index (κ2) is 7.74. The minimum absolute atomic E-state index is 0.0758. The van der Waals surface area contributed by atoms with Crippen LogP contribution in [0.3, 0.4) is 0 Å². The number of anilines is 1. The van der Waals surface area contributed by atoms with Gasteiger partial charge in [0.1, 0.15) is 11.6 Å². The van der Waals surface area contributed by atoms with Crippen LogP contribution in [0, 0.1) is 5.82 Å². The van der Waals surface area contributed by atoms with Gasteiger partial charge in [-0.15, -0.1) is 0 Å². The average Bonchev–Trinajstić information content (AvgIpc) is 2.62. The lowest BCUT2D eigenvalue weighted by Crippen LogP contribution is -2.52. The van der Waals surface area contributed by atoms with Gasteiger partial charge in [0.2, 0.25) is 0 Å². The van der Waals surface area contributed by atoms with Crippen molar-refractivity contribution in [3.8, 4) is 5.75 Å². The molecular weight excluding hydrogens is 343 g/mol. The lowest BCUT2D eigenvalue weighted by atomic mass is 10.2. The van der Waals surface area contributed by atoms with E-state index in [9.17, 15) is 9.18 Å². The topological polar surface area (TPSA) is 32.8 Å². The molecule has 2 aromatic rings. The molecule has 0 unspecified atom stereocenters. The van der Waals surface area contributed by atoms with Crippen molar-refractivity contribution in [3.63, 3.8) is 0 Å². The maximum absolute atomic E-state index is 13.9. The number of nitrogens with zero attached hydrogens (tertiary/aromatic N) is 2. The molecule has 1 heterocycles. The summed E-state index contributed by atoms with van der Waals surface area (Å²) in [5, 5.41) is 0.565. The van der Waals surface area contributed by atoms with Crippen LogP contribution in [-0.4, -0.2) is 43.1 Å². The zero-order valence-electron chi connectivity index (χ0n) is 14.0. The Morgan fingerprint density at radius 3 is 2.52 bits per heavy atom. The molecule has 2 aromatic carbocycles. The first-order chi connectivity index (χ1) is 12.0. The van der Waals surface area contributed by atoms with E-state index in [0.717, 1.165) is 0 Å². The van der Waals surface area contributed by atoms with Gasteiger partial charge in [-0.05, 0) is 37.3 Å². The van der Waals surface area contributed by atoms with Crippen LogP contribution in [0.2, 0.25) is 5.02 Å². The van der Waals surface area contributed by atoms with Crippen LogP contribution < -0.4 is 9.64 Å². The molecule has 1 fully saturated rings. The molecule has 0 radical (unpaired) electrons. The number of piperazine rings is 1. The van der Waals surface area contributed by atoms with Crippen LogP contribution in [0.4, 0.5) is 10.1 Å². The van der Waals surface area contributed by atoms with Crippen molar-refractivity contribution in [1.82, 2.24) is 4.90 Å². The molecule has 1 saturated heterocycles. The molecule has 4 nitrogen and oxygen atoms in total. The molecule has 0 spiro atoms. The Balaban J connectivity index is 1.57. The van der Waals surface area contributed by atoms with Crippen LogP contribution in [0.15, 0.2) is 48.5 Å². The van der Waals surface area contributed by atoms with E-state index in [1.807, 2.05) is 11.0 Å². The Morgan fingerprint density at radius 2 is 1.84 bits per heavy atom.